The van der Waals surface area contributed by atoms with Crippen molar-refractivity contribution in [2.45, 2.75) is 26.2 Å². The van der Waals surface area contributed by atoms with Crippen LogP contribution >= 0.6 is 11.6 Å². The molecule has 2 aromatic carbocycles. The van der Waals surface area contributed by atoms with Crippen molar-refractivity contribution in [2.75, 3.05) is 18.5 Å². The third kappa shape index (κ3) is 4.98. The van der Waals surface area contributed by atoms with Gasteiger partial charge in [0.05, 0.1) is 0 Å². The molecule has 0 aliphatic carbocycles. The van der Waals surface area contributed by atoms with Crippen LogP contribution < -0.4 is 10.1 Å². The number of halogens is 1. The number of anilines is 1. The van der Waals surface area contributed by atoms with Gasteiger partial charge in [-0.3, -0.25) is 0 Å². The summed E-state index contributed by atoms with van der Waals surface area (Å²) in [6.07, 6.45) is 1.16. The molecule has 0 saturated carbocycles. The van der Waals surface area contributed by atoms with Crippen molar-refractivity contribution in [3.05, 3.63) is 59.1 Å². The van der Waals surface area contributed by atoms with Gasteiger partial charge in [-0.15, -0.1) is 0 Å². The van der Waals surface area contributed by atoms with Gasteiger partial charge in [0.25, 0.3) is 0 Å². The standard InChI is InChI=1S/C18H22ClNO/c1-3-14(2)15-4-10-18(11-5-15)21-13-12-20-17-8-6-16(19)7-9-17/h4-11,14,20H,3,12-13H2,1-2H3. The Morgan fingerprint density at radius 1 is 1.05 bits per heavy atom. The molecule has 2 rings (SSSR count). The zero-order chi connectivity index (χ0) is 15.1. The molecule has 0 fully saturated rings. The van der Waals surface area contributed by atoms with Crippen molar-refractivity contribution in [3.8, 4) is 5.75 Å². The van der Waals surface area contributed by atoms with Gasteiger partial charge in [0.2, 0.25) is 0 Å². The number of ether oxygens (including phenoxy) is 1. The van der Waals surface area contributed by atoms with E-state index in [4.69, 9.17) is 16.3 Å². The van der Waals surface area contributed by atoms with Crippen molar-refractivity contribution >= 4 is 17.3 Å². The first-order valence-electron chi connectivity index (χ1n) is 7.41. The van der Waals surface area contributed by atoms with Gasteiger partial charge in [-0.25, -0.2) is 0 Å². The number of nitrogens with one attached hydrogen (secondary N) is 1. The number of hydrogen-bond donors (Lipinski definition) is 1. The molecule has 1 N–H and O–H groups in total. The highest BCUT2D eigenvalue weighted by atomic mass is 35.5. The summed E-state index contributed by atoms with van der Waals surface area (Å²) < 4.78 is 5.73. The van der Waals surface area contributed by atoms with E-state index in [9.17, 15) is 0 Å². The molecule has 0 radical (unpaired) electrons. The highest BCUT2D eigenvalue weighted by Crippen LogP contribution is 2.21. The van der Waals surface area contributed by atoms with Crippen LogP contribution in [0.2, 0.25) is 5.02 Å². The Balaban J connectivity index is 1.74. The fourth-order valence-corrected chi connectivity index (χ4v) is 2.19. The molecule has 0 amide bonds. The molecule has 3 heteroatoms. The molecule has 0 aliphatic rings. The molecular weight excluding hydrogens is 282 g/mol. The van der Waals surface area contributed by atoms with Gasteiger partial charge in [-0.05, 0) is 54.3 Å². The molecule has 0 saturated heterocycles. The number of rotatable bonds is 7. The first-order chi connectivity index (χ1) is 10.2. The maximum Gasteiger partial charge on any atom is 0.119 e. The van der Waals surface area contributed by atoms with Crippen LogP contribution in [-0.4, -0.2) is 13.2 Å². The molecule has 0 spiro atoms. The summed E-state index contributed by atoms with van der Waals surface area (Å²) in [7, 11) is 0. The number of hydrogen-bond acceptors (Lipinski definition) is 2. The van der Waals surface area contributed by atoms with Crippen molar-refractivity contribution in [1.82, 2.24) is 0 Å². The SMILES string of the molecule is CCC(C)c1ccc(OCCNc2ccc(Cl)cc2)cc1. The van der Waals surface area contributed by atoms with Crippen molar-refractivity contribution in [3.63, 3.8) is 0 Å². The second-order valence-electron chi connectivity index (χ2n) is 5.16. The molecule has 21 heavy (non-hydrogen) atoms. The first-order valence-corrected chi connectivity index (χ1v) is 7.79. The summed E-state index contributed by atoms with van der Waals surface area (Å²) in [6.45, 7) is 5.84. The Kier molecular flexibility index (Phi) is 5.94. The summed E-state index contributed by atoms with van der Waals surface area (Å²) in [5, 5.41) is 4.05. The fraction of sp³-hybridized carbons (Fsp3) is 0.333. The van der Waals surface area contributed by atoms with E-state index in [2.05, 4.69) is 31.3 Å². The van der Waals surface area contributed by atoms with Gasteiger partial charge in [-0.1, -0.05) is 37.6 Å². The Hall–Kier alpha value is -1.67. The van der Waals surface area contributed by atoms with Crippen LogP contribution in [-0.2, 0) is 0 Å². The Labute approximate surface area is 132 Å². The Morgan fingerprint density at radius 3 is 2.33 bits per heavy atom. The summed E-state index contributed by atoms with van der Waals surface area (Å²) in [4.78, 5) is 0. The third-order valence-corrected chi connectivity index (χ3v) is 3.86. The van der Waals surface area contributed by atoms with Gasteiger partial charge in [-0.2, -0.15) is 0 Å². The van der Waals surface area contributed by atoms with E-state index in [0.717, 1.165) is 29.4 Å². The maximum absolute atomic E-state index is 5.85. The lowest BCUT2D eigenvalue weighted by Gasteiger charge is -2.11. The predicted octanol–water partition coefficient (Wildman–Crippen LogP) is 5.34. The highest BCUT2D eigenvalue weighted by molar-refractivity contribution is 6.30. The quantitative estimate of drug-likeness (QED) is 0.697. The average molecular weight is 304 g/mol. The lowest BCUT2D eigenvalue weighted by Crippen LogP contribution is -2.11. The topological polar surface area (TPSA) is 21.3 Å². The Morgan fingerprint density at radius 2 is 1.71 bits per heavy atom. The van der Waals surface area contributed by atoms with E-state index >= 15 is 0 Å². The third-order valence-electron chi connectivity index (χ3n) is 3.61. The van der Waals surface area contributed by atoms with Crippen molar-refractivity contribution in [1.29, 1.82) is 0 Å². The molecule has 0 heterocycles. The van der Waals surface area contributed by atoms with Gasteiger partial charge in [0, 0.05) is 17.3 Å². The highest BCUT2D eigenvalue weighted by Gasteiger charge is 2.02. The molecule has 0 aromatic heterocycles. The van der Waals surface area contributed by atoms with Crippen LogP contribution in [0.5, 0.6) is 5.75 Å². The molecular formula is C18H22ClNO. The monoisotopic (exact) mass is 303 g/mol. The molecule has 0 aliphatic heterocycles. The smallest absolute Gasteiger partial charge is 0.119 e. The fourth-order valence-electron chi connectivity index (χ4n) is 2.06. The van der Waals surface area contributed by atoms with E-state index in [0.29, 0.717) is 12.5 Å². The lowest BCUT2D eigenvalue weighted by molar-refractivity contribution is 0.332. The molecule has 2 aromatic rings. The first kappa shape index (κ1) is 15.7. The van der Waals surface area contributed by atoms with E-state index in [1.165, 1.54) is 5.56 Å². The molecule has 1 unspecified atom stereocenters. The Bertz CT molecular complexity index is 536. The average Bonchev–Trinajstić information content (AvgIpc) is 2.53. The van der Waals surface area contributed by atoms with Crippen LogP contribution in [0.25, 0.3) is 0 Å². The van der Waals surface area contributed by atoms with Crippen LogP contribution in [0.15, 0.2) is 48.5 Å². The lowest BCUT2D eigenvalue weighted by atomic mass is 9.99. The second-order valence-corrected chi connectivity index (χ2v) is 5.60. The van der Waals surface area contributed by atoms with Crippen LogP contribution in [0, 0.1) is 0 Å². The molecule has 112 valence electrons. The maximum atomic E-state index is 5.85. The van der Waals surface area contributed by atoms with Gasteiger partial charge >= 0.3 is 0 Å². The van der Waals surface area contributed by atoms with Crippen LogP contribution in [0.3, 0.4) is 0 Å². The summed E-state index contributed by atoms with van der Waals surface area (Å²) >= 11 is 5.85. The van der Waals surface area contributed by atoms with Crippen molar-refractivity contribution in [2.24, 2.45) is 0 Å². The van der Waals surface area contributed by atoms with Gasteiger partial charge < -0.3 is 10.1 Å². The zero-order valence-electron chi connectivity index (χ0n) is 12.6. The minimum absolute atomic E-state index is 0.602. The normalized spacial score (nSPS) is 12.0. The number of benzene rings is 2. The summed E-state index contributed by atoms with van der Waals surface area (Å²) in [5.74, 6) is 1.52. The van der Waals surface area contributed by atoms with Gasteiger partial charge in [0.1, 0.15) is 12.4 Å². The minimum atomic E-state index is 0.602. The summed E-state index contributed by atoms with van der Waals surface area (Å²) in [5.41, 5.74) is 2.42. The van der Waals surface area contributed by atoms with E-state index < -0.39 is 0 Å². The second kappa shape index (κ2) is 7.94. The largest absolute Gasteiger partial charge is 0.492 e. The molecule has 2 nitrogen and oxygen atoms in total. The predicted molar refractivity (Wildman–Crippen MR) is 90.6 cm³/mol. The van der Waals surface area contributed by atoms with Gasteiger partial charge in [0.15, 0.2) is 0 Å². The summed E-state index contributed by atoms with van der Waals surface area (Å²) in [6, 6.07) is 16.1. The minimum Gasteiger partial charge on any atom is -0.492 e. The van der Waals surface area contributed by atoms with E-state index in [1.807, 2.05) is 36.4 Å². The van der Waals surface area contributed by atoms with E-state index in [1.54, 1.807) is 0 Å². The van der Waals surface area contributed by atoms with Crippen LogP contribution in [0.1, 0.15) is 31.7 Å². The molecule has 0 bridgehead atoms. The molecule has 1 atom stereocenters. The van der Waals surface area contributed by atoms with Crippen LogP contribution in [0.4, 0.5) is 5.69 Å². The van der Waals surface area contributed by atoms with E-state index in [-0.39, 0.29) is 0 Å². The zero-order valence-corrected chi connectivity index (χ0v) is 13.4. The van der Waals surface area contributed by atoms with Crippen molar-refractivity contribution < 1.29 is 4.74 Å².